The Balaban J connectivity index is 1.94. The first-order valence-electron chi connectivity index (χ1n) is 6.18. The summed E-state index contributed by atoms with van der Waals surface area (Å²) >= 11 is 0. The number of hydrogen-bond acceptors (Lipinski definition) is 2. The van der Waals surface area contributed by atoms with Gasteiger partial charge in [0.05, 0.1) is 0 Å². The van der Waals surface area contributed by atoms with Crippen molar-refractivity contribution in [1.29, 1.82) is 0 Å². The van der Waals surface area contributed by atoms with E-state index >= 15 is 0 Å². The SMILES string of the molecule is NC1CCCC(C(=O)Cc2ccc(F)cc2)C1. The molecule has 92 valence electrons. The normalized spacial score (nSPS) is 24.6. The number of carbonyl (C=O) groups is 1. The van der Waals surface area contributed by atoms with Gasteiger partial charge in [-0.3, -0.25) is 4.79 Å². The highest BCUT2D eigenvalue weighted by Crippen LogP contribution is 2.25. The molecular weight excluding hydrogens is 217 g/mol. The number of carbonyl (C=O) groups excluding carboxylic acids is 1. The van der Waals surface area contributed by atoms with Gasteiger partial charge in [0.1, 0.15) is 11.6 Å². The predicted octanol–water partition coefficient (Wildman–Crippen LogP) is 2.45. The van der Waals surface area contributed by atoms with E-state index in [9.17, 15) is 9.18 Å². The number of ketones is 1. The molecule has 2 nitrogen and oxygen atoms in total. The maximum Gasteiger partial charge on any atom is 0.140 e. The quantitative estimate of drug-likeness (QED) is 0.874. The molecule has 0 bridgehead atoms. The van der Waals surface area contributed by atoms with Gasteiger partial charge in [-0.1, -0.05) is 18.6 Å². The van der Waals surface area contributed by atoms with Gasteiger partial charge in [0, 0.05) is 18.4 Å². The van der Waals surface area contributed by atoms with E-state index in [0.717, 1.165) is 31.2 Å². The molecule has 1 aromatic rings. The highest BCUT2D eigenvalue weighted by molar-refractivity contribution is 5.83. The zero-order chi connectivity index (χ0) is 12.3. The van der Waals surface area contributed by atoms with E-state index < -0.39 is 0 Å². The Morgan fingerprint density at radius 3 is 2.65 bits per heavy atom. The average Bonchev–Trinajstić information content (AvgIpc) is 2.32. The lowest BCUT2D eigenvalue weighted by Crippen LogP contribution is -2.32. The van der Waals surface area contributed by atoms with E-state index in [2.05, 4.69) is 0 Å². The molecule has 2 rings (SSSR count). The average molecular weight is 235 g/mol. The van der Waals surface area contributed by atoms with E-state index in [1.807, 2.05) is 0 Å². The first-order valence-corrected chi connectivity index (χ1v) is 6.18. The first-order chi connectivity index (χ1) is 8.15. The second-order valence-corrected chi connectivity index (χ2v) is 4.89. The van der Waals surface area contributed by atoms with Crippen LogP contribution in [-0.2, 0) is 11.2 Å². The maximum atomic E-state index is 12.7. The fourth-order valence-corrected chi connectivity index (χ4v) is 2.47. The summed E-state index contributed by atoms with van der Waals surface area (Å²) in [5, 5.41) is 0. The Hall–Kier alpha value is -1.22. The van der Waals surface area contributed by atoms with E-state index in [0.29, 0.717) is 6.42 Å². The summed E-state index contributed by atoms with van der Waals surface area (Å²) in [4.78, 5) is 12.0. The van der Waals surface area contributed by atoms with Crippen molar-refractivity contribution in [2.75, 3.05) is 0 Å². The standard InChI is InChI=1S/C14H18FNO/c15-12-6-4-10(5-7-12)8-14(17)11-2-1-3-13(16)9-11/h4-7,11,13H,1-3,8-9,16H2. The summed E-state index contributed by atoms with van der Waals surface area (Å²) in [7, 11) is 0. The Morgan fingerprint density at radius 2 is 2.00 bits per heavy atom. The Bertz CT molecular complexity index is 388. The molecule has 3 heteroatoms. The largest absolute Gasteiger partial charge is 0.328 e. The van der Waals surface area contributed by atoms with Crippen LogP contribution in [-0.4, -0.2) is 11.8 Å². The van der Waals surface area contributed by atoms with Crippen molar-refractivity contribution < 1.29 is 9.18 Å². The van der Waals surface area contributed by atoms with Gasteiger partial charge in [-0.25, -0.2) is 4.39 Å². The molecule has 0 aromatic heterocycles. The molecule has 1 aromatic carbocycles. The molecule has 0 saturated heterocycles. The monoisotopic (exact) mass is 235 g/mol. The third-order valence-electron chi connectivity index (χ3n) is 3.46. The van der Waals surface area contributed by atoms with Crippen LogP contribution in [0.1, 0.15) is 31.2 Å². The Labute approximate surface area is 101 Å². The summed E-state index contributed by atoms with van der Waals surface area (Å²) in [5.74, 6) is 0.0800. The van der Waals surface area contributed by atoms with Crippen LogP contribution in [0.2, 0.25) is 0 Å². The number of benzene rings is 1. The molecular formula is C14H18FNO. The zero-order valence-electron chi connectivity index (χ0n) is 9.86. The number of Topliss-reactive ketones (excluding diaryl/α,β-unsaturated/α-hetero) is 1. The first kappa shape index (κ1) is 12.2. The molecule has 0 aliphatic heterocycles. The van der Waals surface area contributed by atoms with Crippen molar-refractivity contribution in [3.8, 4) is 0 Å². The Kier molecular flexibility index (Phi) is 3.89. The smallest absolute Gasteiger partial charge is 0.140 e. The number of rotatable bonds is 3. The summed E-state index contributed by atoms with van der Waals surface area (Å²) in [6, 6.07) is 6.32. The summed E-state index contributed by atoms with van der Waals surface area (Å²) in [6.07, 6.45) is 4.23. The van der Waals surface area contributed by atoms with Gasteiger partial charge >= 0.3 is 0 Å². The Morgan fingerprint density at radius 1 is 1.29 bits per heavy atom. The van der Waals surface area contributed by atoms with Crippen LogP contribution >= 0.6 is 0 Å². The van der Waals surface area contributed by atoms with Crippen molar-refractivity contribution in [1.82, 2.24) is 0 Å². The van der Waals surface area contributed by atoms with Crippen LogP contribution in [0.3, 0.4) is 0 Å². The van der Waals surface area contributed by atoms with Crippen molar-refractivity contribution in [3.05, 3.63) is 35.6 Å². The maximum absolute atomic E-state index is 12.7. The van der Waals surface area contributed by atoms with Crippen molar-refractivity contribution in [2.45, 2.75) is 38.1 Å². The molecule has 1 saturated carbocycles. The highest BCUT2D eigenvalue weighted by atomic mass is 19.1. The number of halogens is 1. The lowest BCUT2D eigenvalue weighted by molar-refractivity contribution is -0.123. The fraction of sp³-hybridized carbons (Fsp3) is 0.500. The molecule has 2 unspecified atom stereocenters. The van der Waals surface area contributed by atoms with Gasteiger partial charge in [-0.05, 0) is 37.0 Å². The van der Waals surface area contributed by atoms with Crippen LogP contribution < -0.4 is 5.73 Å². The zero-order valence-corrected chi connectivity index (χ0v) is 9.86. The fourth-order valence-electron chi connectivity index (χ4n) is 2.47. The minimum Gasteiger partial charge on any atom is -0.328 e. The summed E-state index contributed by atoms with van der Waals surface area (Å²) in [6.45, 7) is 0. The minimum absolute atomic E-state index is 0.101. The molecule has 2 N–H and O–H groups in total. The highest BCUT2D eigenvalue weighted by Gasteiger charge is 2.24. The molecule has 0 amide bonds. The minimum atomic E-state index is -0.263. The number of hydrogen-bond donors (Lipinski definition) is 1. The van der Waals surface area contributed by atoms with E-state index in [1.54, 1.807) is 12.1 Å². The second-order valence-electron chi connectivity index (χ2n) is 4.89. The lowest BCUT2D eigenvalue weighted by Gasteiger charge is -2.25. The van der Waals surface area contributed by atoms with Crippen LogP contribution in [0.4, 0.5) is 4.39 Å². The van der Waals surface area contributed by atoms with Gasteiger partial charge in [-0.15, -0.1) is 0 Å². The summed E-state index contributed by atoms with van der Waals surface area (Å²) < 4.78 is 12.7. The van der Waals surface area contributed by atoms with E-state index in [-0.39, 0.29) is 23.6 Å². The second kappa shape index (κ2) is 5.41. The van der Waals surface area contributed by atoms with Gasteiger partial charge in [0.25, 0.3) is 0 Å². The molecule has 1 aliphatic rings. The molecule has 1 aliphatic carbocycles. The van der Waals surface area contributed by atoms with Gasteiger partial charge in [0.15, 0.2) is 0 Å². The predicted molar refractivity (Wildman–Crippen MR) is 65.0 cm³/mol. The van der Waals surface area contributed by atoms with Crippen molar-refractivity contribution in [2.24, 2.45) is 11.7 Å². The van der Waals surface area contributed by atoms with Crippen molar-refractivity contribution >= 4 is 5.78 Å². The van der Waals surface area contributed by atoms with E-state index in [1.165, 1.54) is 12.1 Å². The van der Waals surface area contributed by atoms with Crippen LogP contribution in [0.15, 0.2) is 24.3 Å². The summed E-state index contributed by atoms with van der Waals surface area (Å²) in [5.41, 5.74) is 6.76. The van der Waals surface area contributed by atoms with Gasteiger partial charge in [0.2, 0.25) is 0 Å². The van der Waals surface area contributed by atoms with Gasteiger partial charge in [-0.2, -0.15) is 0 Å². The van der Waals surface area contributed by atoms with Crippen LogP contribution in [0.5, 0.6) is 0 Å². The third-order valence-corrected chi connectivity index (χ3v) is 3.46. The lowest BCUT2D eigenvalue weighted by atomic mass is 9.82. The molecule has 0 heterocycles. The van der Waals surface area contributed by atoms with Crippen LogP contribution in [0.25, 0.3) is 0 Å². The van der Waals surface area contributed by atoms with Crippen LogP contribution in [0, 0.1) is 11.7 Å². The molecule has 2 atom stereocenters. The molecule has 17 heavy (non-hydrogen) atoms. The van der Waals surface area contributed by atoms with Crippen molar-refractivity contribution in [3.63, 3.8) is 0 Å². The van der Waals surface area contributed by atoms with E-state index in [4.69, 9.17) is 5.73 Å². The third kappa shape index (κ3) is 3.37. The molecule has 0 radical (unpaired) electrons. The number of nitrogens with two attached hydrogens (primary N) is 1. The van der Waals surface area contributed by atoms with Gasteiger partial charge < -0.3 is 5.73 Å². The molecule has 1 fully saturated rings. The molecule has 0 spiro atoms. The topological polar surface area (TPSA) is 43.1 Å².